The van der Waals surface area contributed by atoms with Crippen molar-refractivity contribution >= 4 is 11.8 Å². The Bertz CT molecular complexity index is 441. The van der Waals surface area contributed by atoms with Crippen molar-refractivity contribution in [2.75, 3.05) is 25.0 Å². The average Bonchev–Trinajstić information content (AvgIpc) is 2.27. The van der Waals surface area contributed by atoms with Gasteiger partial charge >= 0.3 is 6.09 Å². The van der Waals surface area contributed by atoms with Crippen molar-refractivity contribution in [3.63, 3.8) is 0 Å². The average molecular weight is 230 g/mol. The molecule has 0 unspecified atom stereocenters. The van der Waals surface area contributed by atoms with Gasteiger partial charge in [-0.05, 0) is 24.3 Å². The Labute approximate surface area is 100 Å². The van der Waals surface area contributed by atoms with Gasteiger partial charge in [-0.3, -0.25) is 0 Å². The summed E-state index contributed by atoms with van der Waals surface area (Å²) in [5.74, 6) is 2.96. The zero-order chi connectivity index (χ0) is 12.3. The number of anilines is 1. The van der Waals surface area contributed by atoms with Crippen molar-refractivity contribution in [3.05, 3.63) is 29.8 Å². The van der Waals surface area contributed by atoms with Gasteiger partial charge < -0.3 is 15.3 Å². The number of amides is 1. The second-order valence-electron chi connectivity index (χ2n) is 4.16. The highest BCUT2D eigenvalue weighted by Crippen LogP contribution is 2.17. The molecule has 2 N–H and O–H groups in total. The first-order valence-electron chi connectivity index (χ1n) is 5.47. The Morgan fingerprint density at radius 2 is 2.12 bits per heavy atom. The topological polar surface area (TPSA) is 52.6 Å². The number of nitrogens with one attached hydrogen (secondary N) is 1. The smallest absolute Gasteiger partial charge is 0.407 e. The van der Waals surface area contributed by atoms with E-state index >= 15 is 0 Å². The van der Waals surface area contributed by atoms with Gasteiger partial charge in [0.25, 0.3) is 0 Å². The van der Waals surface area contributed by atoms with Crippen LogP contribution in [0.4, 0.5) is 10.5 Å². The lowest BCUT2D eigenvalue weighted by molar-refractivity contribution is 0.0864. The van der Waals surface area contributed by atoms with Crippen LogP contribution in [0.15, 0.2) is 24.3 Å². The van der Waals surface area contributed by atoms with Crippen LogP contribution in [-0.2, 0) is 0 Å². The van der Waals surface area contributed by atoms with Crippen LogP contribution >= 0.6 is 0 Å². The lowest BCUT2D eigenvalue weighted by Gasteiger charge is -2.37. The van der Waals surface area contributed by atoms with Gasteiger partial charge in [-0.1, -0.05) is 5.92 Å². The molecule has 1 saturated heterocycles. The summed E-state index contributed by atoms with van der Waals surface area (Å²) in [5.41, 5.74) is 1.87. The minimum atomic E-state index is -0.834. The molecule has 2 rings (SSSR count). The molecule has 0 spiro atoms. The van der Waals surface area contributed by atoms with Gasteiger partial charge in [0, 0.05) is 36.8 Å². The molecule has 0 atom stereocenters. The van der Waals surface area contributed by atoms with Gasteiger partial charge in [-0.15, -0.1) is 6.42 Å². The van der Waals surface area contributed by atoms with Crippen LogP contribution in [0, 0.1) is 18.3 Å². The van der Waals surface area contributed by atoms with Crippen molar-refractivity contribution in [1.82, 2.24) is 4.90 Å². The third-order valence-electron chi connectivity index (χ3n) is 2.87. The van der Waals surface area contributed by atoms with Crippen molar-refractivity contribution in [2.45, 2.75) is 0 Å². The summed E-state index contributed by atoms with van der Waals surface area (Å²) in [7, 11) is 0. The minimum absolute atomic E-state index is 0.401. The summed E-state index contributed by atoms with van der Waals surface area (Å²) in [6.45, 7) is 2.02. The van der Waals surface area contributed by atoms with Gasteiger partial charge in [0.2, 0.25) is 0 Å². The predicted octanol–water partition coefficient (Wildman–Crippen LogP) is 1.69. The number of nitrogens with zero attached hydrogens (tertiary/aromatic N) is 1. The molecule has 1 aromatic rings. The molecule has 1 fully saturated rings. The monoisotopic (exact) mass is 230 g/mol. The first-order chi connectivity index (χ1) is 8.19. The normalized spacial score (nSPS) is 14.9. The Morgan fingerprint density at radius 3 is 2.65 bits per heavy atom. The standard InChI is InChI=1S/C13H14N2O2/c1-2-10-3-5-12(6-4-10)14-7-11-8-15(9-11)13(16)17/h1,3-6,11,14H,7-9H2,(H,16,17). The summed E-state index contributed by atoms with van der Waals surface area (Å²) >= 11 is 0. The van der Waals surface area contributed by atoms with Gasteiger partial charge in [-0.2, -0.15) is 0 Å². The molecule has 0 aromatic heterocycles. The highest BCUT2D eigenvalue weighted by molar-refractivity contribution is 5.66. The lowest BCUT2D eigenvalue weighted by Crippen LogP contribution is -2.51. The Balaban J connectivity index is 1.76. The van der Waals surface area contributed by atoms with Crippen LogP contribution in [0.5, 0.6) is 0 Å². The molecule has 4 heteroatoms. The first-order valence-corrected chi connectivity index (χ1v) is 5.47. The minimum Gasteiger partial charge on any atom is -0.465 e. The number of benzene rings is 1. The van der Waals surface area contributed by atoms with Crippen molar-refractivity contribution in [2.24, 2.45) is 5.92 Å². The summed E-state index contributed by atoms with van der Waals surface area (Å²) < 4.78 is 0. The number of likely N-dealkylation sites (tertiary alicyclic amines) is 1. The van der Waals surface area contributed by atoms with E-state index in [2.05, 4.69) is 11.2 Å². The maximum atomic E-state index is 10.6. The van der Waals surface area contributed by atoms with Crippen LogP contribution in [-0.4, -0.2) is 35.7 Å². The SMILES string of the molecule is C#Cc1ccc(NCC2CN(C(=O)O)C2)cc1. The van der Waals surface area contributed by atoms with Crippen LogP contribution in [0.3, 0.4) is 0 Å². The summed E-state index contributed by atoms with van der Waals surface area (Å²) in [6.07, 6.45) is 4.43. The first kappa shape index (κ1) is 11.3. The van der Waals surface area contributed by atoms with Crippen LogP contribution in [0.2, 0.25) is 0 Å². The van der Waals surface area contributed by atoms with Crippen LogP contribution in [0.25, 0.3) is 0 Å². The molecule has 88 valence electrons. The predicted molar refractivity (Wildman–Crippen MR) is 66.0 cm³/mol. The molecule has 1 aliphatic rings. The second-order valence-corrected chi connectivity index (χ2v) is 4.16. The van der Waals surface area contributed by atoms with E-state index in [-0.39, 0.29) is 0 Å². The quantitative estimate of drug-likeness (QED) is 0.777. The van der Waals surface area contributed by atoms with E-state index in [0.717, 1.165) is 17.8 Å². The van der Waals surface area contributed by atoms with E-state index in [4.69, 9.17) is 11.5 Å². The van der Waals surface area contributed by atoms with E-state index < -0.39 is 6.09 Å². The van der Waals surface area contributed by atoms with Crippen molar-refractivity contribution in [1.29, 1.82) is 0 Å². The molecule has 0 aliphatic carbocycles. The van der Waals surface area contributed by atoms with E-state index in [1.165, 1.54) is 4.90 Å². The molecule has 0 saturated carbocycles. The highest BCUT2D eigenvalue weighted by Gasteiger charge is 2.29. The van der Waals surface area contributed by atoms with E-state index in [1.807, 2.05) is 24.3 Å². The number of carboxylic acid groups (broad SMARTS) is 1. The third-order valence-corrected chi connectivity index (χ3v) is 2.87. The van der Waals surface area contributed by atoms with E-state index in [9.17, 15) is 4.79 Å². The maximum Gasteiger partial charge on any atom is 0.407 e. The van der Waals surface area contributed by atoms with Gasteiger partial charge in [0.15, 0.2) is 0 Å². The molecule has 1 aromatic carbocycles. The molecule has 1 amide bonds. The van der Waals surface area contributed by atoms with Crippen molar-refractivity contribution in [3.8, 4) is 12.3 Å². The fourth-order valence-corrected chi connectivity index (χ4v) is 1.80. The summed E-state index contributed by atoms with van der Waals surface area (Å²) in [6, 6.07) is 7.63. The number of carbonyl (C=O) groups is 1. The lowest BCUT2D eigenvalue weighted by atomic mass is 10.0. The molecular formula is C13H14N2O2. The van der Waals surface area contributed by atoms with Crippen LogP contribution < -0.4 is 5.32 Å². The molecule has 4 nitrogen and oxygen atoms in total. The highest BCUT2D eigenvalue weighted by atomic mass is 16.4. The largest absolute Gasteiger partial charge is 0.465 e. The summed E-state index contributed by atoms with van der Waals surface area (Å²) in [5, 5.41) is 11.9. The Hall–Kier alpha value is -2.15. The summed E-state index contributed by atoms with van der Waals surface area (Å²) in [4.78, 5) is 12.0. The fourth-order valence-electron chi connectivity index (χ4n) is 1.80. The molecule has 0 bridgehead atoms. The zero-order valence-corrected chi connectivity index (χ0v) is 9.39. The second kappa shape index (κ2) is 4.79. The molecular weight excluding hydrogens is 216 g/mol. The number of hydrogen-bond donors (Lipinski definition) is 2. The number of rotatable bonds is 3. The van der Waals surface area contributed by atoms with Gasteiger partial charge in [0.05, 0.1) is 0 Å². The van der Waals surface area contributed by atoms with Gasteiger partial charge in [0.1, 0.15) is 0 Å². The number of terminal acetylenes is 1. The molecule has 1 aliphatic heterocycles. The van der Waals surface area contributed by atoms with Crippen molar-refractivity contribution < 1.29 is 9.90 Å². The van der Waals surface area contributed by atoms with Gasteiger partial charge in [-0.25, -0.2) is 4.79 Å². The zero-order valence-electron chi connectivity index (χ0n) is 9.39. The van der Waals surface area contributed by atoms with E-state index in [1.54, 1.807) is 0 Å². The fraction of sp³-hybridized carbons (Fsp3) is 0.308. The molecule has 1 heterocycles. The number of hydrogen-bond acceptors (Lipinski definition) is 2. The maximum absolute atomic E-state index is 10.6. The third kappa shape index (κ3) is 2.70. The van der Waals surface area contributed by atoms with Crippen LogP contribution in [0.1, 0.15) is 5.56 Å². The van der Waals surface area contributed by atoms with E-state index in [0.29, 0.717) is 19.0 Å². The molecule has 17 heavy (non-hydrogen) atoms. The Kier molecular flexibility index (Phi) is 3.20. The Morgan fingerprint density at radius 1 is 1.47 bits per heavy atom. The molecule has 0 radical (unpaired) electrons.